The van der Waals surface area contributed by atoms with Gasteiger partial charge in [-0.15, -0.1) is 0 Å². The smallest absolute Gasteiger partial charge is 0.305 e. The lowest BCUT2D eigenvalue weighted by Crippen LogP contribution is -2.45. The van der Waals surface area contributed by atoms with Crippen molar-refractivity contribution in [1.29, 1.82) is 0 Å². The van der Waals surface area contributed by atoms with E-state index in [4.69, 9.17) is 0 Å². The maximum atomic E-state index is 11.0. The van der Waals surface area contributed by atoms with Crippen LogP contribution in [0.3, 0.4) is 0 Å². The van der Waals surface area contributed by atoms with Gasteiger partial charge in [-0.05, 0) is 50.4 Å². The van der Waals surface area contributed by atoms with E-state index >= 15 is 0 Å². The number of aliphatic imine (C=N–C) groups is 1. The molecule has 0 amide bonds. The van der Waals surface area contributed by atoms with Gasteiger partial charge in [0.25, 0.3) is 0 Å². The van der Waals surface area contributed by atoms with Gasteiger partial charge in [0.2, 0.25) is 0 Å². The molecule has 1 aliphatic rings. The lowest BCUT2D eigenvalue weighted by atomic mass is 9.80. The topological polar surface area (TPSA) is 62.7 Å². The van der Waals surface area contributed by atoms with Crippen molar-refractivity contribution in [3.8, 4) is 0 Å². The summed E-state index contributed by atoms with van der Waals surface area (Å²) in [6.07, 6.45) is 8.59. The number of unbranched alkanes of at least 4 members (excludes halogenated alkanes) is 2. The Balaban J connectivity index is 2.12. The molecular weight excluding hydrogens is 290 g/mol. The maximum Gasteiger partial charge on any atom is 0.305 e. The van der Waals surface area contributed by atoms with Crippen LogP contribution in [0.15, 0.2) is 4.99 Å². The molecule has 5 heteroatoms. The molecule has 1 fully saturated rings. The minimum absolute atomic E-state index is 0.118. The number of hydrogen-bond donors (Lipinski definition) is 2. The standard InChI is InChI=1S/C18H35N3O2/c1-14(2)15-9-11-16(12-10-15)21-18(19-3)20-13-7-5-6-8-17(22)23-4/h14-16H,5-13H2,1-4H3,(H2,19,20,21). The predicted molar refractivity (Wildman–Crippen MR) is 95.6 cm³/mol. The summed E-state index contributed by atoms with van der Waals surface area (Å²) in [7, 11) is 3.26. The van der Waals surface area contributed by atoms with Gasteiger partial charge in [0.05, 0.1) is 7.11 Å². The lowest BCUT2D eigenvalue weighted by molar-refractivity contribution is -0.140. The van der Waals surface area contributed by atoms with Crippen molar-refractivity contribution in [2.24, 2.45) is 16.8 Å². The first kappa shape index (κ1) is 19.8. The number of hydrogen-bond acceptors (Lipinski definition) is 3. The average Bonchev–Trinajstić information content (AvgIpc) is 2.56. The first-order valence-corrected chi connectivity index (χ1v) is 9.10. The molecule has 0 heterocycles. The number of nitrogens with zero attached hydrogens (tertiary/aromatic N) is 1. The molecule has 2 N–H and O–H groups in total. The van der Waals surface area contributed by atoms with Crippen LogP contribution in [0.5, 0.6) is 0 Å². The zero-order chi connectivity index (χ0) is 17.1. The van der Waals surface area contributed by atoms with Crippen LogP contribution in [0.1, 0.15) is 65.2 Å². The number of esters is 1. The Morgan fingerprint density at radius 3 is 2.43 bits per heavy atom. The molecule has 0 aromatic carbocycles. The average molecular weight is 325 g/mol. The molecule has 0 spiro atoms. The van der Waals surface area contributed by atoms with Gasteiger partial charge < -0.3 is 15.4 Å². The van der Waals surface area contributed by atoms with Crippen molar-refractivity contribution in [2.45, 2.75) is 71.3 Å². The van der Waals surface area contributed by atoms with Crippen molar-refractivity contribution in [1.82, 2.24) is 10.6 Å². The van der Waals surface area contributed by atoms with Gasteiger partial charge in [-0.1, -0.05) is 20.3 Å². The molecule has 0 aliphatic heterocycles. The highest BCUT2D eigenvalue weighted by Crippen LogP contribution is 2.29. The molecule has 0 aromatic rings. The van der Waals surface area contributed by atoms with E-state index < -0.39 is 0 Å². The number of carbonyl (C=O) groups excluding carboxylic acids is 1. The molecule has 0 bridgehead atoms. The number of carbonyl (C=O) groups is 1. The summed E-state index contributed by atoms with van der Waals surface area (Å²) < 4.78 is 4.64. The normalized spacial score (nSPS) is 22.0. The lowest BCUT2D eigenvalue weighted by Gasteiger charge is -2.32. The third kappa shape index (κ3) is 8.24. The fraction of sp³-hybridized carbons (Fsp3) is 0.889. The van der Waals surface area contributed by atoms with Crippen molar-refractivity contribution < 1.29 is 9.53 Å². The van der Waals surface area contributed by atoms with Crippen molar-refractivity contribution in [3.63, 3.8) is 0 Å². The van der Waals surface area contributed by atoms with Crippen LogP contribution in [-0.2, 0) is 9.53 Å². The van der Waals surface area contributed by atoms with Gasteiger partial charge in [-0.25, -0.2) is 0 Å². The van der Waals surface area contributed by atoms with Gasteiger partial charge in [-0.2, -0.15) is 0 Å². The summed E-state index contributed by atoms with van der Waals surface area (Å²) in [5.74, 6) is 2.48. The molecule has 0 unspecified atom stereocenters. The van der Waals surface area contributed by atoms with E-state index in [2.05, 4.69) is 34.2 Å². The highest BCUT2D eigenvalue weighted by molar-refractivity contribution is 5.79. The third-order valence-electron chi connectivity index (χ3n) is 4.86. The molecule has 5 nitrogen and oxygen atoms in total. The highest BCUT2D eigenvalue weighted by atomic mass is 16.5. The summed E-state index contributed by atoms with van der Waals surface area (Å²) in [6.45, 7) is 5.56. The quantitative estimate of drug-likeness (QED) is 0.311. The van der Waals surface area contributed by atoms with Crippen LogP contribution in [0.2, 0.25) is 0 Å². The Bertz CT molecular complexity index is 361. The van der Waals surface area contributed by atoms with Crippen LogP contribution in [0.4, 0.5) is 0 Å². The van der Waals surface area contributed by atoms with Crippen LogP contribution in [0.25, 0.3) is 0 Å². The molecule has 134 valence electrons. The number of guanidine groups is 1. The fourth-order valence-corrected chi connectivity index (χ4v) is 3.20. The van der Waals surface area contributed by atoms with E-state index in [-0.39, 0.29) is 5.97 Å². The maximum absolute atomic E-state index is 11.0. The minimum Gasteiger partial charge on any atom is -0.469 e. The Labute approximate surface area is 141 Å². The van der Waals surface area contributed by atoms with E-state index in [9.17, 15) is 4.79 Å². The van der Waals surface area contributed by atoms with E-state index in [1.165, 1.54) is 32.8 Å². The Morgan fingerprint density at radius 1 is 1.17 bits per heavy atom. The Hall–Kier alpha value is -1.26. The molecule has 0 saturated heterocycles. The first-order valence-electron chi connectivity index (χ1n) is 9.10. The molecule has 0 radical (unpaired) electrons. The Morgan fingerprint density at radius 2 is 1.87 bits per heavy atom. The molecule has 0 aromatic heterocycles. The van der Waals surface area contributed by atoms with E-state index in [0.29, 0.717) is 12.5 Å². The summed E-state index contributed by atoms with van der Waals surface area (Å²) in [4.78, 5) is 15.3. The number of nitrogens with one attached hydrogen (secondary N) is 2. The van der Waals surface area contributed by atoms with Crippen molar-refractivity contribution in [2.75, 3.05) is 20.7 Å². The summed E-state index contributed by atoms with van der Waals surface area (Å²) in [6, 6.07) is 0.551. The van der Waals surface area contributed by atoms with Crippen LogP contribution >= 0.6 is 0 Å². The van der Waals surface area contributed by atoms with Gasteiger partial charge in [0.1, 0.15) is 0 Å². The van der Waals surface area contributed by atoms with E-state index in [1.807, 2.05) is 7.05 Å². The predicted octanol–water partition coefficient (Wildman–Crippen LogP) is 3.10. The second-order valence-corrected chi connectivity index (χ2v) is 6.89. The molecule has 1 saturated carbocycles. The van der Waals surface area contributed by atoms with Crippen LogP contribution in [0, 0.1) is 11.8 Å². The van der Waals surface area contributed by atoms with Crippen LogP contribution < -0.4 is 10.6 Å². The molecule has 23 heavy (non-hydrogen) atoms. The fourth-order valence-electron chi connectivity index (χ4n) is 3.20. The van der Waals surface area contributed by atoms with Gasteiger partial charge in [0.15, 0.2) is 5.96 Å². The molecule has 0 atom stereocenters. The largest absolute Gasteiger partial charge is 0.469 e. The summed E-state index contributed by atoms with van der Waals surface area (Å²) >= 11 is 0. The van der Waals surface area contributed by atoms with Crippen molar-refractivity contribution in [3.05, 3.63) is 0 Å². The monoisotopic (exact) mass is 325 g/mol. The third-order valence-corrected chi connectivity index (χ3v) is 4.86. The number of rotatable bonds is 8. The minimum atomic E-state index is -0.118. The highest BCUT2D eigenvalue weighted by Gasteiger charge is 2.23. The summed E-state index contributed by atoms with van der Waals surface area (Å²) in [5, 5.41) is 6.92. The zero-order valence-electron chi connectivity index (χ0n) is 15.4. The number of methoxy groups -OCH3 is 1. The molecule has 1 rings (SSSR count). The van der Waals surface area contributed by atoms with E-state index in [0.717, 1.165) is 43.6 Å². The summed E-state index contributed by atoms with van der Waals surface area (Å²) in [5.41, 5.74) is 0. The second-order valence-electron chi connectivity index (χ2n) is 6.89. The molecular formula is C18H35N3O2. The van der Waals surface area contributed by atoms with Gasteiger partial charge in [-0.3, -0.25) is 9.79 Å². The second kappa shape index (κ2) is 11.3. The van der Waals surface area contributed by atoms with Gasteiger partial charge >= 0.3 is 5.97 Å². The van der Waals surface area contributed by atoms with Crippen LogP contribution in [-0.4, -0.2) is 38.7 Å². The SMILES string of the molecule is CN=C(NCCCCCC(=O)OC)NC1CCC(C(C)C)CC1. The number of ether oxygens (including phenoxy) is 1. The Kier molecular flexibility index (Phi) is 9.72. The first-order chi connectivity index (χ1) is 11.1. The molecule has 1 aliphatic carbocycles. The van der Waals surface area contributed by atoms with E-state index in [1.54, 1.807) is 0 Å². The van der Waals surface area contributed by atoms with Crippen molar-refractivity contribution >= 4 is 11.9 Å². The van der Waals surface area contributed by atoms with Gasteiger partial charge in [0, 0.05) is 26.1 Å². The zero-order valence-corrected chi connectivity index (χ0v) is 15.4.